The zero-order chi connectivity index (χ0) is 16.7. The van der Waals surface area contributed by atoms with E-state index in [1.165, 1.54) is 11.3 Å². The molecule has 0 N–H and O–H groups in total. The molecule has 23 heavy (non-hydrogen) atoms. The van der Waals surface area contributed by atoms with Gasteiger partial charge in [-0.1, -0.05) is 13.8 Å². The second kappa shape index (κ2) is 6.19. The van der Waals surface area contributed by atoms with Crippen molar-refractivity contribution in [3.05, 3.63) is 22.0 Å². The van der Waals surface area contributed by atoms with Gasteiger partial charge in [-0.3, -0.25) is 4.79 Å². The van der Waals surface area contributed by atoms with Gasteiger partial charge in [-0.25, -0.2) is 9.97 Å². The van der Waals surface area contributed by atoms with Crippen molar-refractivity contribution < 1.29 is 4.79 Å². The Morgan fingerprint density at radius 1 is 1.26 bits per heavy atom. The summed E-state index contributed by atoms with van der Waals surface area (Å²) in [4.78, 5) is 26.0. The zero-order valence-corrected chi connectivity index (χ0v) is 15.5. The van der Waals surface area contributed by atoms with Crippen molar-refractivity contribution in [2.75, 3.05) is 6.54 Å². The van der Waals surface area contributed by atoms with Crippen LogP contribution in [0.15, 0.2) is 0 Å². The monoisotopic (exact) mass is 331 g/mol. The first-order chi connectivity index (χ1) is 10.9. The van der Waals surface area contributed by atoms with E-state index in [1.807, 2.05) is 20.8 Å². The summed E-state index contributed by atoms with van der Waals surface area (Å²) in [7, 11) is 0. The van der Waals surface area contributed by atoms with Crippen LogP contribution in [0, 0.1) is 26.7 Å². The molecule has 1 saturated carbocycles. The van der Waals surface area contributed by atoms with Crippen molar-refractivity contribution in [2.24, 2.45) is 5.92 Å². The fourth-order valence-electron chi connectivity index (χ4n) is 3.04. The maximum atomic E-state index is 13.1. The quantitative estimate of drug-likeness (QED) is 0.822. The van der Waals surface area contributed by atoms with Crippen LogP contribution >= 0.6 is 11.3 Å². The lowest BCUT2D eigenvalue weighted by molar-refractivity contribution is 0.0740. The third-order valence-corrected chi connectivity index (χ3v) is 5.65. The average Bonchev–Trinajstić information content (AvgIpc) is 3.22. The number of nitrogens with zero attached hydrogens (tertiary/aromatic N) is 3. The number of carbonyl (C=O) groups excluding carboxylic acids is 1. The number of hydrogen-bond acceptors (Lipinski definition) is 4. The highest BCUT2D eigenvalue weighted by Crippen LogP contribution is 2.35. The molecule has 0 spiro atoms. The van der Waals surface area contributed by atoms with Crippen LogP contribution in [0.25, 0.3) is 10.2 Å². The van der Waals surface area contributed by atoms with E-state index in [2.05, 4.69) is 28.7 Å². The van der Waals surface area contributed by atoms with Gasteiger partial charge in [-0.2, -0.15) is 0 Å². The van der Waals surface area contributed by atoms with Crippen molar-refractivity contribution in [2.45, 2.75) is 59.9 Å². The Kier molecular flexibility index (Phi) is 4.41. The first-order valence-electron chi connectivity index (χ1n) is 8.43. The van der Waals surface area contributed by atoms with Gasteiger partial charge in [-0.05, 0) is 51.5 Å². The Bertz CT molecular complexity index is 746. The molecule has 0 aromatic carbocycles. The summed E-state index contributed by atoms with van der Waals surface area (Å²) in [6.45, 7) is 11.2. The van der Waals surface area contributed by atoms with Crippen LogP contribution in [0.5, 0.6) is 0 Å². The minimum Gasteiger partial charge on any atom is -0.335 e. The minimum atomic E-state index is 0.186. The number of carbonyl (C=O) groups is 1. The van der Waals surface area contributed by atoms with Crippen LogP contribution in [0.2, 0.25) is 0 Å². The predicted octanol–water partition coefficient (Wildman–Crippen LogP) is 4.27. The van der Waals surface area contributed by atoms with E-state index in [0.29, 0.717) is 12.0 Å². The van der Waals surface area contributed by atoms with Crippen LogP contribution < -0.4 is 0 Å². The number of amides is 1. The zero-order valence-electron chi connectivity index (χ0n) is 14.6. The van der Waals surface area contributed by atoms with E-state index < -0.39 is 0 Å². The molecule has 2 aromatic rings. The second-order valence-corrected chi connectivity index (χ2v) is 8.00. The lowest BCUT2D eigenvalue weighted by Crippen LogP contribution is -2.34. The molecule has 0 atom stereocenters. The number of aryl methyl sites for hydroxylation is 3. The van der Waals surface area contributed by atoms with E-state index in [4.69, 9.17) is 0 Å². The highest BCUT2D eigenvalue weighted by atomic mass is 32.1. The normalized spacial score (nSPS) is 14.7. The molecule has 0 saturated heterocycles. The highest BCUT2D eigenvalue weighted by molar-refractivity contribution is 7.20. The lowest BCUT2D eigenvalue weighted by Gasteiger charge is -2.23. The Balaban J connectivity index is 1.96. The maximum Gasteiger partial charge on any atom is 0.264 e. The highest BCUT2D eigenvalue weighted by Gasteiger charge is 2.34. The van der Waals surface area contributed by atoms with Gasteiger partial charge in [0.25, 0.3) is 5.91 Å². The lowest BCUT2D eigenvalue weighted by atomic mass is 10.1. The third-order valence-electron chi connectivity index (χ3n) is 4.47. The molecule has 2 aromatic heterocycles. The third kappa shape index (κ3) is 3.25. The van der Waals surface area contributed by atoms with E-state index in [-0.39, 0.29) is 5.91 Å². The van der Waals surface area contributed by atoms with Crippen LogP contribution in [-0.4, -0.2) is 33.4 Å². The Hall–Kier alpha value is -1.49. The molecule has 1 amide bonds. The molecule has 0 bridgehead atoms. The molecule has 0 radical (unpaired) electrons. The molecular formula is C18H25N3OS. The minimum absolute atomic E-state index is 0.186. The van der Waals surface area contributed by atoms with Gasteiger partial charge in [-0.15, -0.1) is 11.3 Å². The predicted molar refractivity (Wildman–Crippen MR) is 95.1 cm³/mol. The largest absolute Gasteiger partial charge is 0.335 e. The number of hydrogen-bond donors (Lipinski definition) is 0. The molecule has 1 fully saturated rings. The smallest absolute Gasteiger partial charge is 0.264 e. The van der Waals surface area contributed by atoms with E-state index in [1.54, 1.807) is 0 Å². The van der Waals surface area contributed by atoms with Gasteiger partial charge >= 0.3 is 0 Å². The standard InChI is InChI=1S/C18H25N3OS/c1-10(2)8-9-21(14-6-7-14)18(22)16-11(3)15-12(4)19-13(5)20-17(15)23-16/h10,14H,6-9H2,1-5H3. The van der Waals surface area contributed by atoms with E-state index in [9.17, 15) is 4.79 Å². The molecule has 1 aliphatic rings. The van der Waals surface area contributed by atoms with Crippen molar-refractivity contribution >= 4 is 27.5 Å². The van der Waals surface area contributed by atoms with Gasteiger partial charge in [0.05, 0.1) is 4.88 Å². The Morgan fingerprint density at radius 3 is 2.57 bits per heavy atom. The molecule has 5 heteroatoms. The van der Waals surface area contributed by atoms with Crippen LogP contribution in [0.1, 0.15) is 59.9 Å². The van der Waals surface area contributed by atoms with Gasteiger partial charge < -0.3 is 4.90 Å². The van der Waals surface area contributed by atoms with Gasteiger partial charge in [0.1, 0.15) is 10.7 Å². The van der Waals surface area contributed by atoms with E-state index >= 15 is 0 Å². The number of aromatic nitrogens is 2. The molecule has 1 aliphatic carbocycles. The Labute approximate surface area is 141 Å². The summed E-state index contributed by atoms with van der Waals surface area (Å²) in [5.74, 6) is 1.57. The topological polar surface area (TPSA) is 46.1 Å². The Morgan fingerprint density at radius 2 is 1.96 bits per heavy atom. The van der Waals surface area contributed by atoms with Gasteiger partial charge in [0.15, 0.2) is 0 Å². The maximum absolute atomic E-state index is 13.1. The van der Waals surface area contributed by atoms with Crippen LogP contribution in [0.3, 0.4) is 0 Å². The summed E-state index contributed by atoms with van der Waals surface area (Å²) in [5.41, 5.74) is 2.02. The average molecular weight is 331 g/mol. The summed E-state index contributed by atoms with van der Waals surface area (Å²) in [5, 5.41) is 1.06. The summed E-state index contributed by atoms with van der Waals surface area (Å²) in [6, 6.07) is 0.444. The SMILES string of the molecule is Cc1nc(C)c2c(C)c(C(=O)N(CCC(C)C)C3CC3)sc2n1. The summed E-state index contributed by atoms with van der Waals surface area (Å²) < 4.78 is 0. The van der Waals surface area contributed by atoms with Crippen molar-refractivity contribution in [3.63, 3.8) is 0 Å². The van der Waals surface area contributed by atoms with Crippen molar-refractivity contribution in [1.82, 2.24) is 14.9 Å². The molecule has 0 aliphatic heterocycles. The van der Waals surface area contributed by atoms with Gasteiger partial charge in [0.2, 0.25) is 0 Å². The fraction of sp³-hybridized carbons (Fsp3) is 0.611. The molecule has 124 valence electrons. The fourth-order valence-corrected chi connectivity index (χ4v) is 4.28. The number of fused-ring (bicyclic) bond motifs is 1. The number of rotatable bonds is 5. The molecule has 0 unspecified atom stereocenters. The van der Waals surface area contributed by atoms with Crippen LogP contribution in [-0.2, 0) is 0 Å². The molecule has 4 nitrogen and oxygen atoms in total. The molecular weight excluding hydrogens is 306 g/mol. The molecule has 2 heterocycles. The first-order valence-corrected chi connectivity index (χ1v) is 9.25. The van der Waals surface area contributed by atoms with Gasteiger partial charge in [0, 0.05) is 23.7 Å². The van der Waals surface area contributed by atoms with Crippen molar-refractivity contribution in [3.8, 4) is 0 Å². The summed E-state index contributed by atoms with van der Waals surface area (Å²) in [6.07, 6.45) is 3.35. The molecule has 3 rings (SSSR count). The second-order valence-electron chi connectivity index (χ2n) is 7.00. The number of thiophene rings is 1. The van der Waals surface area contributed by atoms with Crippen LogP contribution in [0.4, 0.5) is 0 Å². The first kappa shape index (κ1) is 16.4. The van der Waals surface area contributed by atoms with E-state index in [0.717, 1.165) is 58.0 Å². The summed E-state index contributed by atoms with van der Waals surface area (Å²) >= 11 is 1.53. The van der Waals surface area contributed by atoms with Crippen molar-refractivity contribution in [1.29, 1.82) is 0 Å².